The molecular formula is C20H22ClNO3. The molecule has 3 rings (SSSR count). The molecule has 1 aliphatic rings. The number of Topliss-reactive ketones (excluding diaryl/α,β-unsaturated/α-hetero) is 1. The predicted molar refractivity (Wildman–Crippen MR) is 99.4 cm³/mol. The predicted octanol–water partition coefficient (Wildman–Crippen LogP) is 4.97. The summed E-state index contributed by atoms with van der Waals surface area (Å²) in [6.45, 7) is 0. The molecule has 0 bridgehead atoms. The zero-order valence-corrected chi connectivity index (χ0v) is 14.9. The van der Waals surface area contributed by atoms with E-state index in [1.165, 1.54) is 7.11 Å². The molecule has 25 heavy (non-hydrogen) atoms. The summed E-state index contributed by atoms with van der Waals surface area (Å²) < 4.78 is 5.24. The Kier molecular flexibility index (Phi) is 5.49. The number of phenolic OH excluding ortho intramolecular Hbond substituents is 1. The Morgan fingerprint density at radius 1 is 1.20 bits per heavy atom. The standard InChI is InChI=1S/C20H22ClNO3/c1-25-19-12-13(6-11-18(19)24)20(16-4-2-3-5-17(16)23)22-15-9-7-14(21)8-10-15/h6-12,16,20,22,24H,2-5H2,1H3/t16-,20-/m1/s1. The smallest absolute Gasteiger partial charge is 0.160 e. The van der Waals surface area contributed by atoms with Gasteiger partial charge in [-0.25, -0.2) is 0 Å². The van der Waals surface area contributed by atoms with Gasteiger partial charge in [-0.1, -0.05) is 24.1 Å². The van der Waals surface area contributed by atoms with Gasteiger partial charge in [-0.3, -0.25) is 4.79 Å². The number of ketones is 1. The van der Waals surface area contributed by atoms with Gasteiger partial charge in [-0.15, -0.1) is 0 Å². The Hall–Kier alpha value is -2.20. The lowest BCUT2D eigenvalue weighted by Crippen LogP contribution is -2.30. The summed E-state index contributed by atoms with van der Waals surface area (Å²) in [7, 11) is 1.52. The summed E-state index contributed by atoms with van der Waals surface area (Å²) in [6, 6.07) is 12.5. The molecule has 0 aliphatic heterocycles. The summed E-state index contributed by atoms with van der Waals surface area (Å²) in [4.78, 5) is 12.5. The number of hydrogen-bond donors (Lipinski definition) is 2. The molecule has 1 fully saturated rings. The van der Waals surface area contributed by atoms with E-state index in [1.807, 2.05) is 30.3 Å². The molecule has 5 heteroatoms. The highest BCUT2D eigenvalue weighted by Gasteiger charge is 2.31. The Balaban J connectivity index is 1.95. The molecule has 2 aromatic carbocycles. The molecule has 0 amide bonds. The van der Waals surface area contributed by atoms with E-state index in [4.69, 9.17) is 16.3 Å². The molecule has 0 radical (unpaired) electrons. The van der Waals surface area contributed by atoms with E-state index < -0.39 is 0 Å². The summed E-state index contributed by atoms with van der Waals surface area (Å²) in [5, 5.41) is 14.0. The van der Waals surface area contributed by atoms with Gasteiger partial charge in [0.05, 0.1) is 13.2 Å². The molecule has 4 nitrogen and oxygen atoms in total. The average Bonchev–Trinajstić information content (AvgIpc) is 2.63. The van der Waals surface area contributed by atoms with Gasteiger partial charge in [0.25, 0.3) is 0 Å². The van der Waals surface area contributed by atoms with E-state index in [2.05, 4.69) is 5.32 Å². The van der Waals surface area contributed by atoms with Crippen molar-refractivity contribution in [3.05, 3.63) is 53.1 Å². The topological polar surface area (TPSA) is 58.6 Å². The number of aromatic hydroxyl groups is 1. The average molecular weight is 360 g/mol. The Morgan fingerprint density at radius 3 is 2.64 bits per heavy atom. The molecule has 1 saturated carbocycles. The summed E-state index contributed by atoms with van der Waals surface area (Å²) in [5.74, 6) is 0.679. The third-order valence-electron chi connectivity index (χ3n) is 4.73. The van der Waals surface area contributed by atoms with Gasteiger partial charge >= 0.3 is 0 Å². The van der Waals surface area contributed by atoms with E-state index in [1.54, 1.807) is 12.1 Å². The van der Waals surface area contributed by atoms with Crippen LogP contribution in [0.4, 0.5) is 5.69 Å². The minimum atomic E-state index is -0.177. The number of ether oxygens (including phenoxy) is 1. The molecule has 2 atom stereocenters. The first-order valence-corrected chi connectivity index (χ1v) is 8.88. The fourth-order valence-electron chi connectivity index (χ4n) is 3.39. The minimum absolute atomic E-state index is 0.0893. The third kappa shape index (κ3) is 4.07. The highest BCUT2D eigenvalue weighted by Crippen LogP contribution is 2.38. The van der Waals surface area contributed by atoms with E-state index in [0.29, 0.717) is 17.2 Å². The van der Waals surface area contributed by atoms with Crippen LogP contribution in [0, 0.1) is 5.92 Å². The van der Waals surface area contributed by atoms with Crippen LogP contribution in [0.2, 0.25) is 5.02 Å². The van der Waals surface area contributed by atoms with Crippen molar-refractivity contribution in [1.29, 1.82) is 0 Å². The van der Waals surface area contributed by atoms with Crippen molar-refractivity contribution < 1.29 is 14.6 Å². The molecule has 0 unspecified atom stereocenters. The van der Waals surface area contributed by atoms with Gasteiger partial charge in [-0.2, -0.15) is 0 Å². The van der Waals surface area contributed by atoms with Crippen molar-refractivity contribution in [3.8, 4) is 11.5 Å². The van der Waals surface area contributed by atoms with Crippen LogP contribution >= 0.6 is 11.6 Å². The molecule has 2 aromatic rings. The number of methoxy groups -OCH3 is 1. The Morgan fingerprint density at radius 2 is 1.96 bits per heavy atom. The summed E-state index contributed by atoms with van der Waals surface area (Å²) in [5.41, 5.74) is 1.82. The van der Waals surface area contributed by atoms with Crippen molar-refractivity contribution in [1.82, 2.24) is 0 Å². The van der Waals surface area contributed by atoms with Crippen LogP contribution in [0.15, 0.2) is 42.5 Å². The van der Waals surface area contributed by atoms with E-state index in [-0.39, 0.29) is 23.5 Å². The molecule has 0 saturated heterocycles. The van der Waals surface area contributed by atoms with Gasteiger partial charge in [0.15, 0.2) is 11.5 Å². The van der Waals surface area contributed by atoms with Gasteiger partial charge in [-0.05, 0) is 54.8 Å². The SMILES string of the molecule is COc1cc([C@@H](Nc2ccc(Cl)cc2)[C@@H]2CCCCC2=O)ccc1O. The molecule has 0 heterocycles. The first-order chi connectivity index (χ1) is 12.1. The first-order valence-electron chi connectivity index (χ1n) is 8.50. The Bertz CT molecular complexity index is 745. The summed E-state index contributed by atoms with van der Waals surface area (Å²) in [6.07, 6.45) is 3.48. The van der Waals surface area contributed by atoms with Crippen molar-refractivity contribution in [3.63, 3.8) is 0 Å². The Labute approximate surface area is 152 Å². The van der Waals surface area contributed by atoms with Crippen LogP contribution in [0.5, 0.6) is 11.5 Å². The molecular weight excluding hydrogens is 338 g/mol. The molecule has 0 spiro atoms. The third-order valence-corrected chi connectivity index (χ3v) is 4.99. The minimum Gasteiger partial charge on any atom is -0.504 e. The molecule has 0 aromatic heterocycles. The van der Waals surface area contributed by atoms with Crippen LogP contribution in [-0.4, -0.2) is 18.0 Å². The quantitative estimate of drug-likeness (QED) is 0.791. The van der Waals surface area contributed by atoms with Crippen LogP contribution in [-0.2, 0) is 4.79 Å². The lowest BCUT2D eigenvalue weighted by molar-refractivity contribution is -0.125. The lowest BCUT2D eigenvalue weighted by atomic mass is 9.80. The number of anilines is 1. The normalized spacial score (nSPS) is 18.6. The highest BCUT2D eigenvalue weighted by molar-refractivity contribution is 6.30. The fraction of sp³-hybridized carbons (Fsp3) is 0.350. The largest absolute Gasteiger partial charge is 0.504 e. The van der Waals surface area contributed by atoms with Gasteiger partial charge in [0.2, 0.25) is 0 Å². The van der Waals surface area contributed by atoms with Crippen LogP contribution < -0.4 is 10.1 Å². The molecule has 2 N–H and O–H groups in total. The van der Waals surface area contributed by atoms with Gasteiger partial charge in [0, 0.05) is 23.0 Å². The number of halogens is 1. The second kappa shape index (κ2) is 7.79. The number of rotatable bonds is 5. The number of carbonyl (C=O) groups excluding carboxylic acids is 1. The monoisotopic (exact) mass is 359 g/mol. The van der Waals surface area contributed by atoms with Gasteiger partial charge in [0.1, 0.15) is 5.78 Å². The number of hydrogen-bond acceptors (Lipinski definition) is 4. The van der Waals surface area contributed by atoms with Crippen LogP contribution in [0.25, 0.3) is 0 Å². The van der Waals surface area contributed by atoms with Crippen LogP contribution in [0.1, 0.15) is 37.3 Å². The zero-order chi connectivity index (χ0) is 17.8. The van der Waals surface area contributed by atoms with Crippen molar-refractivity contribution >= 4 is 23.1 Å². The van der Waals surface area contributed by atoms with Crippen molar-refractivity contribution in [2.75, 3.05) is 12.4 Å². The fourth-order valence-corrected chi connectivity index (χ4v) is 3.52. The second-order valence-electron chi connectivity index (χ2n) is 6.38. The van der Waals surface area contributed by atoms with Crippen LogP contribution in [0.3, 0.4) is 0 Å². The first kappa shape index (κ1) is 17.6. The maximum absolute atomic E-state index is 12.5. The second-order valence-corrected chi connectivity index (χ2v) is 6.82. The van der Waals surface area contributed by atoms with Crippen molar-refractivity contribution in [2.24, 2.45) is 5.92 Å². The number of phenols is 1. The number of nitrogens with one attached hydrogen (secondary N) is 1. The van der Waals surface area contributed by atoms with E-state index in [0.717, 1.165) is 30.5 Å². The zero-order valence-electron chi connectivity index (χ0n) is 14.2. The molecule has 132 valence electrons. The lowest BCUT2D eigenvalue weighted by Gasteiger charge is -2.31. The number of carbonyl (C=O) groups is 1. The maximum atomic E-state index is 12.5. The van der Waals surface area contributed by atoms with Crippen molar-refractivity contribution in [2.45, 2.75) is 31.7 Å². The van der Waals surface area contributed by atoms with Gasteiger partial charge < -0.3 is 15.2 Å². The molecule has 1 aliphatic carbocycles. The number of benzene rings is 2. The summed E-state index contributed by atoms with van der Waals surface area (Å²) >= 11 is 5.97. The maximum Gasteiger partial charge on any atom is 0.160 e. The highest BCUT2D eigenvalue weighted by atomic mass is 35.5. The van der Waals surface area contributed by atoms with E-state index >= 15 is 0 Å². The van der Waals surface area contributed by atoms with E-state index in [9.17, 15) is 9.90 Å².